The van der Waals surface area contributed by atoms with Gasteiger partial charge in [0.1, 0.15) is 17.4 Å². The molecule has 178 valence electrons. The molecule has 0 fully saturated rings. The molecule has 0 unspecified atom stereocenters. The second-order valence-electron chi connectivity index (χ2n) is 7.09. The van der Waals surface area contributed by atoms with Crippen LogP contribution in [-0.4, -0.2) is 18.4 Å². The lowest BCUT2D eigenvalue weighted by atomic mass is 10.1. The Kier molecular flexibility index (Phi) is 8.28. The van der Waals surface area contributed by atoms with Crippen molar-refractivity contribution in [3.63, 3.8) is 0 Å². The van der Waals surface area contributed by atoms with E-state index in [9.17, 15) is 28.0 Å². The van der Waals surface area contributed by atoms with Crippen molar-refractivity contribution < 1.29 is 27.5 Å². The van der Waals surface area contributed by atoms with E-state index in [4.69, 9.17) is 4.74 Å². The van der Waals surface area contributed by atoms with Crippen molar-refractivity contribution in [1.29, 1.82) is 5.26 Å². The molecule has 2 amide bonds. The molecule has 0 spiro atoms. The molecule has 0 aliphatic heterocycles. The van der Waals surface area contributed by atoms with Gasteiger partial charge in [-0.05, 0) is 54.6 Å². The lowest BCUT2D eigenvalue weighted by Gasteiger charge is -2.11. The first-order valence-corrected chi connectivity index (χ1v) is 10.8. The molecule has 0 saturated heterocycles. The van der Waals surface area contributed by atoms with Gasteiger partial charge in [0.25, 0.3) is 11.8 Å². The number of carbonyl (C=O) groups excluding carboxylic acids is 2. The van der Waals surface area contributed by atoms with Crippen molar-refractivity contribution in [1.82, 2.24) is 0 Å². The predicted molar refractivity (Wildman–Crippen MR) is 128 cm³/mol. The minimum absolute atomic E-state index is 0.116. The summed E-state index contributed by atoms with van der Waals surface area (Å²) in [6, 6.07) is 19.3. The first-order valence-electron chi connectivity index (χ1n) is 10.0. The Morgan fingerprint density at radius 3 is 2.37 bits per heavy atom. The Labute approximate surface area is 207 Å². The fourth-order valence-electron chi connectivity index (χ4n) is 2.90. The van der Waals surface area contributed by atoms with Gasteiger partial charge in [0, 0.05) is 21.4 Å². The van der Waals surface area contributed by atoms with Crippen LogP contribution in [0.25, 0.3) is 6.08 Å². The topological polar surface area (TPSA) is 91.2 Å². The van der Waals surface area contributed by atoms with Crippen LogP contribution in [0.3, 0.4) is 0 Å². The summed E-state index contributed by atoms with van der Waals surface area (Å²) in [6.07, 6.45) is -3.36. The number of amides is 2. The average Bonchev–Trinajstić information content (AvgIpc) is 2.82. The quantitative estimate of drug-likeness (QED) is 0.281. The van der Waals surface area contributed by atoms with Crippen LogP contribution in [0.4, 0.5) is 24.5 Å². The Balaban J connectivity index is 1.76. The number of halogens is 4. The number of para-hydroxylation sites is 1. The van der Waals surface area contributed by atoms with Gasteiger partial charge in [0.15, 0.2) is 6.61 Å². The summed E-state index contributed by atoms with van der Waals surface area (Å²) in [5.41, 5.74) is -0.528. The number of hydrogen-bond acceptors (Lipinski definition) is 4. The molecule has 0 radical (unpaired) electrons. The van der Waals surface area contributed by atoms with Crippen molar-refractivity contribution in [2.45, 2.75) is 6.18 Å². The van der Waals surface area contributed by atoms with Gasteiger partial charge in [-0.15, -0.1) is 0 Å². The number of hydrogen-bond donors (Lipinski definition) is 2. The molecular weight excluding hydrogens is 527 g/mol. The van der Waals surface area contributed by atoms with Gasteiger partial charge in [-0.2, -0.15) is 18.4 Å². The molecule has 0 aromatic heterocycles. The molecule has 0 bridgehead atoms. The summed E-state index contributed by atoms with van der Waals surface area (Å²) in [5, 5.41) is 14.4. The third kappa shape index (κ3) is 7.45. The van der Waals surface area contributed by atoms with E-state index in [2.05, 4.69) is 26.6 Å². The molecule has 3 aromatic carbocycles. The van der Waals surface area contributed by atoms with E-state index in [-0.39, 0.29) is 23.6 Å². The minimum Gasteiger partial charge on any atom is -0.483 e. The van der Waals surface area contributed by atoms with Crippen molar-refractivity contribution in [2.75, 3.05) is 17.2 Å². The number of anilines is 2. The van der Waals surface area contributed by atoms with E-state index in [1.54, 1.807) is 48.5 Å². The highest BCUT2D eigenvalue weighted by atomic mass is 79.9. The van der Waals surface area contributed by atoms with E-state index in [0.717, 1.165) is 18.2 Å². The second kappa shape index (κ2) is 11.4. The highest BCUT2D eigenvalue weighted by Gasteiger charge is 2.30. The predicted octanol–water partition coefficient (Wildman–Crippen LogP) is 6.03. The monoisotopic (exact) mass is 543 g/mol. The van der Waals surface area contributed by atoms with Gasteiger partial charge in [-0.25, -0.2) is 0 Å². The Hall–Kier alpha value is -4.10. The van der Waals surface area contributed by atoms with Crippen molar-refractivity contribution in [3.05, 3.63) is 94.0 Å². The number of nitrogens with one attached hydrogen (secondary N) is 2. The molecule has 0 heterocycles. The Morgan fingerprint density at radius 2 is 1.69 bits per heavy atom. The summed E-state index contributed by atoms with van der Waals surface area (Å²) in [5.74, 6) is -1.10. The first kappa shape index (κ1) is 25.5. The molecule has 3 rings (SSSR count). The lowest BCUT2D eigenvalue weighted by molar-refractivity contribution is -0.137. The van der Waals surface area contributed by atoms with Gasteiger partial charge in [-0.3, -0.25) is 9.59 Å². The van der Waals surface area contributed by atoms with E-state index in [1.807, 2.05) is 6.07 Å². The normalized spacial score (nSPS) is 11.3. The zero-order valence-electron chi connectivity index (χ0n) is 17.9. The number of rotatable bonds is 7. The van der Waals surface area contributed by atoms with Gasteiger partial charge < -0.3 is 15.4 Å². The van der Waals surface area contributed by atoms with Crippen LogP contribution in [0.2, 0.25) is 0 Å². The molecule has 35 heavy (non-hydrogen) atoms. The Bertz CT molecular complexity index is 1300. The van der Waals surface area contributed by atoms with Crippen LogP contribution in [0.5, 0.6) is 5.75 Å². The number of nitriles is 1. The third-order valence-electron chi connectivity index (χ3n) is 4.50. The largest absolute Gasteiger partial charge is 0.483 e. The molecule has 0 aliphatic carbocycles. The smallest absolute Gasteiger partial charge is 0.416 e. The summed E-state index contributed by atoms with van der Waals surface area (Å²) in [4.78, 5) is 24.8. The standard InChI is InChI=1S/C25H17BrF3N3O3/c26-19-9-10-22(35-15-23(33)31-20-6-2-1-3-7-20)16(12-19)11-17(14-30)24(34)32-21-8-4-5-18(13-21)25(27,28)29/h1-13H,15H2,(H,31,33)(H,32,34)/b17-11+. The summed E-state index contributed by atoms with van der Waals surface area (Å²) in [7, 11) is 0. The number of carbonyl (C=O) groups is 2. The molecule has 6 nitrogen and oxygen atoms in total. The molecule has 0 saturated carbocycles. The van der Waals surface area contributed by atoms with Gasteiger partial charge in [0.2, 0.25) is 0 Å². The first-order chi connectivity index (χ1) is 16.7. The van der Waals surface area contributed by atoms with E-state index >= 15 is 0 Å². The van der Waals surface area contributed by atoms with Crippen LogP contribution in [-0.2, 0) is 15.8 Å². The number of nitrogens with zero attached hydrogens (tertiary/aromatic N) is 1. The summed E-state index contributed by atoms with van der Waals surface area (Å²) >= 11 is 3.30. The summed E-state index contributed by atoms with van der Waals surface area (Å²) in [6.45, 7) is -0.338. The minimum atomic E-state index is -4.58. The van der Waals surface area contributed by atoms with Crippen LogP contribution in [0.1, 0.15) is 11.1 Å². The number of ether oxygens (including phenoxy) is 1. The maximum Gasteiger partial charge on any atom is 0.416 e. The van der Waals surface area contributed by atoms with Crippen LogP contribution < -0.4 is 15.4 Å². The zero-order valence-corrected chi connectivity index (χ0v) is 19.5. The van der Waals surface area contributed by atoms with E-state index < -0.39 is 23.6 Å². The third-order valence-corrected chi connectivity index (χ3v) is 4.99. The SMILES string of the molecule is N#C/C(=C\c1cc(Br)ccc1OCC(=O)Nc1ccccc1)C(=O)Nc1cccc(C(F)(F)F)c1. The molecule has 3 aromatic rings. The van der Waals surface area contributed by atoms with Gasteiger partial charge in [-0.1, -0.05) is 40.2 Å². The fraction of sp³-hybridized carbons (Fsp3) is 0.0800. The molecule has 0 atom stereocenters. The number of benzene rings is 3. The maximum absolute atomic E-state index is 12.9. The van der Waals surface area contributed by atoms with Crippen molar-refractivity contribution in [3.8, 4) is 11.8 Å². The van der Waals surface area contributed by atoms with Crippen molar-refractivity contribution in [2.24, 2.45) is 0 Å². The van der Waals surface area contributed by atoms with Crippen molar-refractivity contribution >= 4 is 45.2 Å². The lowest BCUT2D eigenvalue weighted by Crippen LogP contribution is -2.20. The van der Waals surface area contributed by atoms with Gasteiger partial charge in [0.05, 0.1) is 5.56 Å². The van der Waals surface area contributed by atoms with Crippen LogP contribution >= 0.6 is 15.9 Å². The highest BCUT2D eigenvalue weighted by Crippen LogP contribution is 2.31. The zero-order chi connectivity index (χ0) is 25.4. The number of alkyl halides is 3. The van der Waals surface area contributed by atoms with E-state index in [0.29, 0.717) is 15.7 Å². The highest BCUT2D eigenvalue weighted by molar-refractivity contribution is 9.10. The fourth-order valence-corrected chi connectivity index (χ4v) is 3.28. The summed E-state index contributed by atoms with van der Waals surface area (Å²) < 4.78 is 45.0. The second-order valence-corrected chi connectivity index (χ2v) is 8.00. The molecule has 10 heteroatoms. The van der Waals surface area contributed by atoms with Crippen LogP contribution in [0, 0.1) is 11.3 Å². The van der Waals surface area contributed by atoms with Gasteiger partial charge >= 0.3 is 6.18 Å². The van der Waals surface area contributed by atoms with E-state index in [1.165, 1.54) is 12.1 Å². The molecular formula is C25H17BrF3N3O3. The molecule has 2 N–H and O–H groups in total. The average molecular weight is 544 g/mol. The molecule has 0 aliphatic rings. The maximum atomic E-state index is 12.9. The Morgan fingerprint density at radius 1 is 0.971 bits per heavy atom. The van der Waals surface area contributed by atoms with Crippen LogP contribution in [0.15, 0.2) is 82.8 Å².